The minimum Gasteiger partial charge on any atom is -0.483 e. The number of hydrogen-bond acceptors (Lipinski definition) is 3. The summed E-state index contributed by atoms with van der Waals surface area (Å²) in [5, 5.41) is 12.8. The van der Waals surface area contributed by atoms with Crippen molar-refractivity contribution in [2.24, 2.45) is 0 Å². The molecule has 0 aliphatic carbocycles. The summed E-state index contributed by atoms with van der Waals surface area (Å²) in [5.74, 6) is 0.458. The number of nitrogens with one attached hydrogen (secondary N) is 1. The highest BCUT2D eigenvalue weighted by molar-refractivity contribution is 5.78. The summed E-state index contributed by atoms with van der Waals surface area (Å²) < 4.78 is 5.54. The Hall–Kier alpha value is -1.55. The van der Waals surface area contributed by atoms with Crippen LogP contribution >= 0.6 is 0 Å². The highest BCUT2D eigenvalue weighted by Crippen LogP contribution is 2.21. The van der Waals surface area contributed by atoms with Gasteiger partial charge in [-0.15, -0.1) is 0 Å². The molecule has 20 heavy (non-hydrogen) atoms. The van der Waals surface area contributed by atoms with E-state index >= 15 is 0 Å². The molecule has 1 amide bonds. The summed E-state index contributed by atoms with van der Waals surface area (Å²) in [7, 11) is 0. The van der Waals surface area contributed by atoms with Gasteiger partial charge >= 0.3 is 0 Å². The van der Waals surface area contributed by atoms with Crippen LogP contribution < -0.4 is 10.1 Å². The molecule has 0 aliphatic rings. The van der Waals surface area contributed by atoms with E-state index in [1.165, 1.54) is 0 Å². The molecular formula is C16H25NO3. The quantitative estimate of drug-likeness (QED) is 0.870. The number of aliphatic hydroxyl groups is 1. The Balaban J connectivity index is 2.62. The van der Waals surface area contributed by atoms with Gasteiger partial charge in [0.15, 0.2) is 6.61 Å². The minimum atomic E-state index is -1.01. The second kappa shape index (κ2) is 5.83. The topological polar surface area (TPSA) is 58.6 Å². The van der Waals surface area contributed by atoms with Gasteiger partial charge in [-0.1, -0.05) is 12.1 Å². The van der Waals surface area contributed by atoms with Crippen LogP contribution in [0, 0.1) is 13.8 Å². The highest BCUT2D eigenvalue weighted by Gasteiger charge is 2.36. The fourth-order valence-electron chi connectivity index (χ4n) is 1.54. The van der Waals surface area contributed by atoms with Crippen molar-refractivity contribution in [3.05, 3.63) is 29.3 Å². The van der Waals surface area contributed by atoms with Gasteiger partial charge in [0, 0.05) is 0 Å². The Morgan fingerprint density at radius 1 is 1.25 bits per heavy atom. The fraction of sp³-hybridized carbons (Fsp3) is 0.562. The molecule has 0 fully saturated rings. The molecule has 112 valence electrons. The van der Waals surface area contributed by atoms with Crippen LogP contribution in [0.25, 0.3) is 0 Å². The molecule has 2 N–H and O–H groups in total. The van der Waals surface area contributed by atoms with Crippen LogP contribution in [0.15, 0.2) is 18.2 Å². The molecule has 0 atom stereocenters. The molecule has 0 bridgehead atoms. The molecule has 0 aliphatic heterocycles. The molecule has 0 unspecified atom stereocenters. The summed E-state index contributed by atoms with van der Waals surface area (Å²) in [6.45, 7) is 10.7. The van der Waals surface area contributed by atoms with E-state index in [9.17, 15) is 9.90 Å². The Morgan fingerprint density at radius 2 is 1.85 bits per heavy atom. The molecule has 0 heterocycles. The van der Waals surface area contributed by atoms with Crippen LogP contribution in [0.3, 0.4) is 0 Å². The maximum atomic E-state index is 11.9. The second-order valence-corrected chi connectivity index (χ2v) is 6.29. The second-order valence-electron chi connectivity index (χ2n) is 6.29. The number of carbonyl (C=O) groups excluding carboxylic acids is 1. The van der Waals surface area contributed by atoms with Crippen LogP contribution in [0.1, 0.15) is 38.8 Å². The third kappa shape index (κ3) is 4.23. The van der Waals surface area contributed by atoms with E-state index in [2.05, 4.69) is 5.32 Å². The van der Waals surface area contributed by atoms with E-state index in [1.54, 1.807) is 27.7 Å². The van der Waals surface area contributed by atoms with Gasteiger partial charge in [0.05, 0.1) is 11.1 Å². The molecule has 1 aromatic carbocycles. The minimum absolute atomic E-state index is 0.0657. The monoisotopic (exact) mass is 279 g/mol. The van der Waals surface area contributed by atoms with Gasteiger partial charge in [0.2, 0.25) is 0 Å². The van der Waals surface area contributed by atoms with Gasteiger partial charge in [0.1, 0.15) is 5.75 Å². The number of aryl methyl sites for hydroxylation is 2. The number of rotatable bonds is 5. The maximum absolute atomic E-state index is 11.9. The smallest absolute Gasteiger partial charge is 0.258 e. The molecule has 4 nitrogen and oxygen atoms in total. The predicted octanol–water partition coefficient (Wildman–Crippen LogP) is 2.35. The van der Waals surface area contributed by atoms with Gasteiger partial charge in [-0.05, 0) is 58.7 Å². The van der Waals surface area contributed by atoms with Crippen molar-refractivity contribution in [2.45, 2.75) is 52.7 Å². The van der Waals surface area contributed by atoms with Crippen molar-refractivity contribution in [1.29, 1.82) is 0 Å². The van der Waals surface area contributed by atoms with Gasteiger partial charge in [-0.3, -0.25) is 4.79 Å². The highest BCUT2D eigenvalue weighted by atomic mass is 16.5. The van der Waals surface area contributed by atoms with Crippen molar-refractivity contribution in [1.82, 2.24) is 5.32 Å². The summed E-state index contributed by atoms with van der Waals surface area (Å²) in [6.07, 6.45) is 0. The van der Waals surface area contributed by atoms with E-state index < -0.39 is 11.1 Å². The Morgan fingerprint density at radius 3 is 2.40 bits per heavy atom. The number of carbonyl (C=O) groups is 1. The van der Waals surface area contributed by atoms with Gasteiger partial charge in [0.25, 0.3) is 5.91 Å². The molecule has 4 heteroatoms. The van der Waals surface area contributed by atoms with Crippen molar-refractivity contribution < 1.29 is 14.6 Å². The van der Waals surface area contributed by atoms with Crippen LogP contribution in [0.2, 0.25) is 0 Å². The van der Waals surface area contributed by atoms with Crippen molar-refractivity contribution in [3.63, 3.8) is 0 Å². The lowest BCUT2D eigenvalue weighted by Gasteiger charge is -2.37. The van der Waals surface area contributed by atoms with Gasteiger partial charge < -0.3 is 15.2 Å². The van der Waals surface area contributed by atoms with E-state index in [0.29, 0.717) is 5.75 Å². The zero-order valence-corrected chi connectivity index (χ0v) is 13.2. The summed E-state index contributed by atoms with van der Waals surface area (Å²) in [5.41, 5.74) is 0.338. The zero-order valence-electron chi connectivity index (χ0n) is 13.2. The van der Waals surface area contributed by atoms with Crippen molar-refractivity contribution >= 4 is 5.91 Å². The largest absolute Gasteiger partial charge is 0.483 e. The number of hydrogen-bond donors (Lipinski definition) is 2. The summed E-state index contributed by atoms with van der Waals surface area (Å²) in [6, 6.07) is 5.87. The first-order valence-corrected chi connectivity index (χ1v) is 6.76. The van der Waals surface area contributed by atoms with Crippen LogP contribution in [0.5, 0.6) is 5.75 Å². The average molecular weight is 279 g/mol. The standard InChI is InChI=1S/C16H25NO3/c1-11-7-8-12(2)13(9-11)20-10-14(18)17-15(3,4)16(5,6)19/h7-9,19H,10H2,1-6H3,(H,17,18). The van der Waals surface area contributed by atoms with E-state index in [4.69, 9.17) is 4.74 Å². The lowest BCUT2D eigenvalue weighted by Crippen LogP contribution is -2.58. The molecule has 0 spiro atoms. The van der Waals surface area contributed by atoms with E-state index in [0.717, 1.165) is 11.1 Å². The lowest BCUT2D eigenvalue weighted by molar-refractivity contribution is -0.128. The average Bonchev–Trinajstić information content (AvgIpc) is 2.28. The molecule has 0 radical (unpaired) electrons. The molecule has 0 aromatic heterocycles. The Bertz CT molecular complexity index is 487. The summed E-state index contributed by atoms with van der Waals surface area (Å²) >= 11 is 0. The van der Waals surface area contributed by atoms with Crippen LogP contribution in [-0.4, -0.2) is 28.8 Å². The van der Waals surface area contributed by atoms with Crippen molar-refractivity contribution in [3.8, 4) is 5.75 Å². The maximum Gasteiger partial charge on any atom is 0.258 e. The number of amides is 1. The third-order valence-electron chi connectivity index (χ3n) is 3.68. The molecule has 1 rings (SSSR count). The Kier molecular flexibility index (Phi) is 4.81. The molecule has 1 aromatic rings. The Labute approximate surface area is 121 Å². The van der Waals surface area contributed by atoms with E-state index in [-0.39, 0.29) is 12.5 Å². The van der Waals surface area contributed by atoms with E-state index in [1.807, 2.05) is 32.0 Å². The van der Waals surface area contributed by atoms with Gasteiger partial charge in [-0.2, -0.15) is 0 Å². The third-order valence-corrected chi connectivity index (χ3v) is 3.68. The van der Waals surface area contributed by atoms with Gasteiger partial charge in [-0.25, -0.2) is 0 Å². The molecule has 0 saturated carbocycles. The zero-order chi connectivity index (χ0) is 15.6. The first-order valence-electron chi connectivity index (χ1n) is 6.76. The summed E-state index contributed by atoms with van der Waals surface area (Å²) in [4.78, 5) is 11.9. The fourth-order valence-corrected chi connectivity index (χ4v) is 1.54. The number of benzene rings is 1. The predicted molar refractivity (Wildman–Crippen MR) is 79.9 cm³/mol. The van der Waals surface area contributed by atoms with Crippen LogP contribution in [-0.2, 0) is 4.79 Å². The lowest BCUT2D eigenvalue weighted by atomic mass is 9.86. The molecule has 0 saturated heterocycles. The molecular weight excluding hydrogens is 254 g/mol. The van der Waals surface area contributed by atoms with Crippen molar-refractivity contribution in [2.75, 3.05) is 6.61 Å². The first kappa shape index (κ1) is 16.5. The van der Waals surface area contributed by atoms with Crippen LogP contribution in [0.4, 0.5) is 0 Å². The number of ether oxygens (including phenoxy) is 1. The normalized spacial score (nSPS) is 12.2. The SMILES string of the molecule is Cc1ccc(C)c(OCC(=O)NC(C)(C)C(C)(C)O)c1. The first-order chi connectivity index (χ1) is 9.03.